The molecule has 0 atom stereocenters. The van der Waals surface area contributed by atoms with Gasteiger partial charge in [0.05, 0.1) is 22.7 Å². The number of nitrogens with zero attached hydrogens (tertiary/aromatic N) is 1. The molecule has 2 aromatic carbocycles. The Morgan fingerprint density at radius 2 is 1.67 bits per heavy atom. The van der Waals surface area contributed by atoms with Crippen molar-refractivity contribution in [3.05, 3.63) is 70.0 Å². The van der Waals surface area contributed by atoms with E-state index in [0.29, 0.717) is 11.1 Å². The summed E-state index contributed by atoms with van der Waals surface area (Å²) in [4.78, 5) is 37.2. The molecule has 1 aliphatic rings. The normalized spacial score (nSPS) is 13.2. The summed E-state index contributed by atoms with van der Waals surface area (Å²) in [6.07, 6.45) is 0. The maximum Gasteiger partial charge on any atom is 0.342 e. The van der Waals surface area contributed by atoms with E-state index in [1.807, 2.05) is 0 Å². The molecule has 2 aromatic rings. The van der Waals surface area contributed by atoms with Crippen LogP contribution < -0.4 is 0 Å². The van der Waals surface area contributed by atoms with Gasteiger partial charge in [0.1, 0.15) is 18.0 Å². The molecule has 0 aromatic heterocycles. The van der Waals surface area contributed by atoms with Crippen LogP contribution in [0.15, 0.2) is 42.5 Å². The van der Waals surface area contributed by atoms with Gasteiger partial charge in [-0.15, -0.1) is 0 Å². The lowest BCUT2D eigenvalue weighted by molar-refractivity contribution is 0.0416. The monoisotopic (exact) mass is 347 g/mol. The molecule has 0 saturated carbocycles. The van der Waals surface area contributed by atoms with Gasteiger partial charge in [-0.1, -0.05) is 29.8 Å². The molecule has 7 heteroatoms. The molecule has 0 bridgehead atoms. The summed E-state index contributed by atoms with van der Waals surface area (Å²) < 4.78 is 18.6. The summed E-state index contributed by atoms with van der Waals surface area (Å²) in [7, 11) is 0. The minimum atomic E-state index is -0.949. The highest BCUT2D eigenvalue weighted by molar-refractivity contribution is 6.33. The van der Waals surface area contributed by atoms with Gasteiger partial charge in [-0.25, -0.2) is 9.18 Å². The zero-order chi connectivity index (χ0) is 17.3. The second-order valence-corrected chi connectivity index (χ2v) is 5.45. The van der Waals surface area contributed by atoms with Gasteiger partial charge in [0, 0.05) is 0 Å². The van der Waals surface area contributed by atoms with Gasteiger partial charge in [-0.05, 0) is 24.3 Å². The van der Waals surface area contributed by atoms with Crippen LogP contribution in [0.3, 0.4) is 0 Å². The van der Waals surface area contributed by atoms with Crippen molar-refractivity contribution in [3.63, 3.8) is 0 Å². The smallest absolute Gasteiger partial charge is 0.342 e. The average Bonchev–Trinajstić information content (AvgIpc) is 2.80. The lowest BCUT2D eigenvalue weighted by Crippen LogP contribution is -2.33. The van der Waals surface area contributed by atoms with E-state index < -0.39 is 23.6 Å². The van der Waals surface area contributed by atoms with E-state index in [-0.39, 0.29) is 23.7 Å². The molecule has 122 valence electrons. The molecule has 0 aliphatic carbocycles. The number of ether oxygens (including phenoxy) is 1. The Labute approximate surface area is 141 Å². The SMILES string of the molecule is O=C(OCCN1C(=O)c2ccccc2C1=O)c1c(F)cccc1Cl. The number of imide groups is 1. The molecule has 0 N–H and O–H groups in total. The third-order valence-electron chi connectivity index (χ3n) is 3.59. The van der Waals surface area contributed by atoms with Crippen LogP contribution in [0.4, 0.5) is 4.39 Å². The Morgan fingerprint density at radius 3 is 2.25 bits per heavy atom. The highest BCUT2D eigenvalue weighted by Crippen LogP contribution is 2.23. The van der Waals surface area contributed by atoms with E-state index >= 15 is 0 Å². The number of amides is 2. The Bertz CT molecular complexity index is 797. The number of carbonyl (C=O) groups is 3. The molecular formula is C17H11ClFNO4. The molecular weight excluding hydrogens is 337 g/mol. The molecule has 3 rings (SSSR count). The Balaban J connectivity index is 1.65. The molecule has 5 nitrogen and oxygen atoms in total. The van der Waals surface area contributed by atoms with E-state index in [1.165, 1.54) is 12.1 Å². The average molecular weight is 348 g/mol. The van der Waals surface area contributed by atoms with Gasteiger partial charge >= 0.3 is 5.97 Å². The molecule has 0 saturated heterocycles. The van der Waals surface area contributed by atoms with Crippen molar-refractivity contribution >= 4 is 29.4 Å². The van der Waals surface area contributed by atoms with E-state index in [0.717, 1.165) is 11.0 Å². The summed E-state index contributed by atoms with van der Waals surface area (Å²) in [6.45, 7) is -0.376. The predicted molar refractivity (Wildman–Crippen MR) is 83.5 cm³/mol. The van der Waals surface area contributed by atoms with Crippen molar-refractivity contribution < 1.29 is 23.5 Å². The molecule has 1 heterocycles. The second kappa shape index (κ2) is 6.41. The number of esters is 1. The first-order chi connectivity index (χ1) is 11.5. The largest absolute Gasteiger partial charge is 0.460 e. The quantitative estimate of drug-likeness (QED) is 0.630. The van der Waals surface area contributed by atoms with Crippen LogP contribution in [-0.2, 0) is 4.74 Å². The van der Waals surface area contributed by atoms with Crippen molar-refractivity contribution in [3.8, 4) is 0 Å². The second-order valence-electron chi connectivity index (χ2n) is 5.04. The van der Waals surface area contributed by atoms with Crippen molar-refractivity contribution in [1.82, 2.24) is 4.90 Å². The zero-order valence-electron chi connectivity index (χ0n) is 12.3. The molecule has 24 heavy (non-hydrogen) atoms. The number of hydrogen-bond acceptors (Lipinski definition) is 4. The summed E-state index contributed by atoms with van der Waals surface area (Å²) in [6, 6.07) is 10.3. The van der Waals surface area contributed by atoms with Crippen LogP contribution in [0.1, 0.15) is 31.1 Å². The van der Waals surface area contributed by atoms with Crippen LogP contribution in [-0.4, -0.2) is 35.8 Å². The summed E-state index contributed by atoms with van der Waals surface area (Å²) in [5.74, 6) is -2.64. The first-order valence-electron chi connectivity index (χ1n) is 7.07. The van der Waals surface area contributed by atoms with Crippen LogP contribution in [0, 0.1) is 5.82 Å². The van der Waals surface area contributed by atoms with Crippen molar-refractivity contribution in [2.24, 2.45) is 0 Å². The van der Waals surface area contributed by atoms with Gasteiger partial charge in [0.25, 0.3) is 11.8 Å². The maximum absolute atomic E-state index is 13.6. The molecule has 0 unspecified atom stereocenters. The number of carbonyl (C=O) groups excluding carboxylic acids is 3. The number of rotatable bonds is 4. The van der Waals surface area contributed by atoms with E-state index in [1.54, 1.807) is 24.3 Å². The van der Waals surface area contributed by atoms with Crippen molar-refractivity contribution in [1.29, 1.82) is 0 Å². The van der Waals surface area contributed by atoms with E-state index in [4.69, 9.17) is 16.3 Å². The number of halogens is 2. The third-order valence-corrected chi connectivity index (χ3v) is 3.91. The third kappa shape index (κ3) is 2.76. The minimum Gasteiger partial charge on any atom is -0.460 e. The summed E-state index contributed by atoms with van der Waals surface area (Å²) >= 11 is 5.78. The first-order valence-corrected chi connectivity index (χ1v) is 7.45. The number of fused-ring (bicyclic) bond motifs is 1. The molecule has 1 aliphatic heterocycles. The summed E-state index contributed by atoms with van der Waals surface area (Å²) in [5, 5.41) is -0.0688. The standard InChI is InChI=1S/C17H11ClFNO4/c18-12-6-3-7-13(19)14(12)17(23)24-9-8-20-15(21)10-4-1-2-5-11(10)16(20)22/h1-7H,8-9H2. The van der Waals surface area contributed by atoms with Gasteiger partial charge in [-0.3, -0.25) is 14.5 Å². The van der Waals surface area contributed by atoms with Gasteiger partial charge in [0.2, 0.25) is 0 Å². The van der Waals surface area contributed by atoms with Crippen LogP contribution in [0.25, 0.3) is 0 Å². The molecule has 0 radical (unpaired) electrons. The summed E-state index contributed by atoms with van der Waals surface area (Å²) in [5.41, 5.74) is 0.249. The minimum absolute atomic E-state index is 0.0688. The first kappa shape index (κ1) is 16.1. The number of hydrogen-bond donors (Lipinski definition) is 0. The zero-order valence-corrected chi connectivity index (χ0v) is 13.0. The Kier molecular flexibility index (Phi) is 4.31. The van der Waals surface area contributed by atoms with Crippen molar-refractivity contribution in [2.75, 3.05) is 13.2 Å². The Hall–Kier alpha value is -2.73. The van der Waals surface area contributed by atoms with Gasteiger partial charge in [-0.2, -0.15) is 0 Å². The Morgan fingerprint density at radius 1 is 1.04 bits per heavy atom. The molecule has 2 amide bonds. The molecule has 0 fully saturated rings. The van der Waals surface area contributed by atoms with E-state index in [2.05, 4.69) is 0 Å². The van der Waals surface area contributed by atoms with Crippen LogP contribution in [0.2, 0.25) is 5.02 Å². The highest BCUT2D eigenvalue weighted by atomic mass is 35.5. The molecule has 0 spiro atoms. The van der Waals surface area contributed by atoms with E-state index in [9.17, 15) is 18.8 Å². The predicted octanol–water partition coefficient (Wildman–Crippen LogP) is 2.93. The van der Waals surface area contributed by atoms with Crippen molar-refractivity contribution in [2.45, 2.75) is 0 Å². The lowest BCUT2D eigenvalue weighted by Gasteiger charge is -2.14. The van der Waals surface area contributed by atoms with Gasteiger partial charge < -0.3 is 4.74 Å². The topological polar surface area (TPSA) is 63.7 Å². The fourth-order valence-corrected chi connectivity index (χ4v) is 2.68. The van der Waals surface area contributed by atoms with Gasteiger partial charge in [0.15, 0.2) is 0 Å². The van der Waals surface area contributed by atoms with Crippen LogP contribution >= 0.6 is 11.6 Å². The van der Waals surface area contributed by atoms with Crippen LogP contribution in [0.5, 0.6) is 0 Å². The lowest BCUT2D eigenvalue weighted by atomic mass is 10.1. The fraction of sp³-hybridized carbons (Fsp3) is 0.118. The maximum atomic E-state index is 13.6. The number of benzene rings is 2. The highest BCUT2D eigenvalue weighted by Gasteiger charge is 2.34. The fourth-order valence-electron chi connectivity index (χ4n) is 2.44.